The molecule has 1 saturated carbocycles. The Morgan fingerprint density at radius 3 is 2.50 bits per heavy atom. The molecule has 3 amide bonds. The van der Waals surface area contributed by atoms with Gasteiger partial charge in [0.1, 0.15) is 5.60 Å². The highest BCUT2D eigenvalue weighted by Crippen LogP contribution is 2.28. The van der Waals surface area contributed by atoms with E-state index in [1.54, 1.807) is 24.3 Å². The van der Waals surface area contributed by atoms with Gasteiger partial charge in [-0.2, -0.15) is 0 Å². The summed E-state index contributed by atoms with van der Waals surface area (Å²) in [7, 11) is 0. The second-order valence-electron chi connectivity index (χ2n) is 7.79. The van der Waals surface area contributed by atoms with Gasteiger partial charge < -0.3 is 20.7 Å². The number of halogens is 1. The molecule has 0 radical (unpaired) electrons. The molecule has 26 heavy (non-hydrogen) atoms. The predicted molar refractivity (Wildman–Crippen MR) is 104 cm³/mol. The van der Waals surface area contributed by atoms with Gasteiger partial charge >= 0.3 is 12.1 Å². The van der Waals surface area contributed by atoms with E-state index in [0.29, 0.717) is 17.3 Å². The minimum Gasteiger partial charge on any atom is -0.444 e. The number of ether oxygens (including phenoxy) is 1. The SMILES string of the molecule is CC(C)(C)OC(=O)NC1(CNC(=O)Nc2cccc(Cl)c2)CCCCC1. The molecule has 1 aromatic carbocycles. The highest BCUT2D eigenvalue weighted by Gasteiger charge is 2.35. The lowest BCUT2D eigenvalue weighted by molar-refractivity contribution is 0.0425. The first-order valence-corrected chi connectivity index (χ1v) is 9.37. The van der Waals surface area contributed by atoms with Gasteiger partial charge in [0.2, 0.25) is 0 Å². The van der Waals surface area contributed by atoms with Gasteiger partial charge in [-0.3, -0.25) is 0 Å². The maximum atomic E-state index is 12.2. The average Bonchev–Trinajstić information content (AvgIpc) is 2.52. The highest BCUT2D eigenvalue weighted by molar-refractivity contribution is 6.30. The number of alkyl carbamates (subject to hydrolysis) is 1. The summed E-state index contributed by atoms with van der Waals surface area (Å²) in [6.07, 6.45) is 4.32. The number of nitrogens with one attached hydrogen (secondary N) is 3. The van der Waals surface area contributed by atoms with E-state index in [0.717, 1.165) is 32.1 Å². The molecule has 3 N–H and O–H groups in total. The van der Waals surface area contributed by atoms with Crippen molar-refractivity contribution in [2.45, 2.75) is 64.0 Å². The van der Waals surface area contributed by atoms with Crippen molar-refractivity contribution >= 4 is 29.4 Å². The van der Waals surface area contributed by atoms with Crippen molar-refractivity contribution in [1.29, 1.82) is 0 Å². The summed E-state index contributed by atoms with van der Waals surface area (Å²) in [6.45, 7) is 5.84. The lowest BCUT2D eigenvalue weighted by Crippen LogP contribution is -2.57. The van der Waals surface area contributed by atoms with Crippen LogP contribution in [0.1, 0.15) is 52.9 Å². The molecule has 1 aromatic rings. The van der Waals surface area contributed by atoms with Crippen molar-refractivity contribution < 1.29 is 14.3 Å². The lowest BCUT2D eigenvalue weighted by atomic mass is 9.81. The molecule has 7 heteroatoms. The summed E-state index contributed by atoms with van der Waals surface area (Å²) in [4.78, 5) is 24.4. The Hall–Kier alpha value is -1.95. The fraction of sp³-hybridized carbons (Fsp3) is 0.579. The first-order valence-electron chi connectivity index (χ1n) is 8.99. The van der Waals surface area contributed by atoms with Crippen LogP contribution in [0.4, 0.5) is 15.3 Å². The second kappa shape index (κ2) is 8.62. The van der Waals surface area contributed by atoms with E-state index >= 15 is 0 Å². The third-order valence-corrected chi connectivity index (χ3v) is 4.48. The number of hydrogen-bond donors (Lipinski definition) is 3. The zero-order valence-corrected chi connectivity index (χ0v) is 16.4. The maximum absolute atomic E-state index is 12.2. The summed E-state index contributed by atoms with van der Waals surface area (Å²) in [5.74, 6) is 0. The zero-order valence-electron chi connectivity index (χ0n) is 15.7. The van der Waals surface area contributed by atoms with E-state index in [9.17, 15) is 9.59 Å². The van der Waals surface area contributed by atoms with Crippen molar-refractivity contribution in [3.8, 4) is 0 Å². The molecule has 2 rings (SSSR count). The van der Waals surface area contributed by atoms with E-state index < -0.39 is 17.2 Å². The molecular formula is C19H28ClN3O3. The molecule has 0 unspecified atom stereocenters. The van der Waals surface area contributed by atoms with Crippen molar-refractivity contribution in [3.63, 3.8) is 0 Å². The van der Waals surface area contributed by atoms with Crippen molar-refractivity contribution in [2.75, 3.05) is 11.9 Å². The molecule has 0 atom stereocenters. The summed E-state index contributed by atoms with van der Waals surface area (Å²) < 4.78 is 5.39. The van der Waals surface area contributed by atoms with Crippen LogP contribution in [0.15, 0.2) is 24.3 Å². The molecule has 144 valence electrons. The quantitative estimate of drug-likeness (QED) is 0.707. The Balaban J connectivity index is 1.94. The van der Waals surface area contributed by atoms with Gasteiger partial charge in [-0.15, -0.1) is 0 Å². The summed E-state index contributed by atoms with van der Waals surface area (Å²) in [6, 6.07) is 6.62. The molecular weight excluding hydrogens is 354 g/mol. The van der Waals surface area contributed by atoms with E-state index in [-0.39, 0.29) is 6.03 Å². The summed E-state index contributed by atoms with van der Waals surface area (Å²) in [5, 5.41) is 9.16. The highest BCUT2D eigenvalue weighted by atomic mass is 35.5. The number of amides is 3. The van der Waals surface area contributed by atoms with Crippen LogP contribution in [0.5, 0.6) is 0 Å². The van der Waals surface area contributed by atoms with E-state index in [1.807, 2.05) is 20.8 Å². The maximum Gasteiger partial charge on any atom is 0.408 e. The molecule has 0 aliphatic heterocycles. The molecule has 0 spiro atoms. The van der Waals surface area contributed by atoms with Crippen LogP contribution in [0, 0.1) is 0 Å². The Kier molecular flexibility index (Phi) is 6.75. The van der Waals surface area contributed by atoms with Crippen LogP contribution >= 0.6 is 11.6 Å². The molecule has 1 aliphatic carbocycles. The average molecular weight is 382 g/mol. The standard InChI is InChI=1S/C19H28ClN3O3/c1-18(2,3)26-17(25)23-19(10-5-4-6-11-19)13-21-16(24)22-15-9-7-8-14(20)12-15/h7-9,12H,4-6,10-11,13H2,1-3H3,(H,23,25)(H2,21,22,24). The molecule has 6 nitrogen and oxygen atoms in total. The van der Waals surface area contributed by atoms with Gasteiger partial charge in [0.05, 0.1) is 5.54 Å². The largest absolute Gasteiger partial charge is 0.444 e. The van der Waals surface area contributed by atoms with Crippen molar-refractivity contribution in [3.05, 3.63) is 29.3 Å². The van der Waals surface area contributed by atoms with Crippen LogP contribution in [-0.4, -0.2) is 29.8 Å². The summed E-state index contributed by atoms with van der Waals surface area (Å²) in [5.41, 5.74) is -0.420. The number of anilines is 1. The van der Waals surface area contributed by atoms with Crippen LogP contribution in [0.3, 0.4) is 0 Å². The number of carbonyl (C=O) groups excluding carboxylic acids is 2. The normalized spacial score (nSPS) is 16.5. The summed E-state index contributed by atoms with van der Waals surface area (Å²) >= 11 is 5.93. The molecule has 0 bridgehead atoms. The van der Waals surface area contributed by atoms with Gasteiger partial charge in [0.25, 0.3) is 0 Å². The van der Waals surface area contributed by atoms with Gasteiger partial charge in [-0.1, -0.05) is 36.9 Å². The monoisotopic (exact) mass is 381 g/mol. The van der Waals surface area contributed by atoms with Gasteiger partial charge in [0.15, 0.2) is 0 Å². The fourth-order valence-electron chi connectivity index (χ4n) is 3.09. The number of benzene rings is 1. The lowest BCUT2D eigenvalue weighted by Gasteiger charge is -2.38. The third-order valence-electron chi connectivity index (χ3n) is 4.25. The van der Waals surface area contributed by atoms with Crippen LogP contribution in [-0.2, 0) is 4.74 Å². The van der Waals surface area contributed by atoms with Crippen LogP contribution in [0.2, 0.25) is 5.02 Å². The minimum absolute atomic E-state index is 0.330. The first kappa shape index (κ1) is 20.4. The number of carbonyl (C=O) groups is 2. The number of rotatable bonds is 4. The van der Waals surface area contributed by atoms with Crippen molar-refractivity contribution in [2.24, 2.45) is 0 Å². The second-order valence-corrected chi connectivity index (χ2v) is 8.22. The Labute approximate surface area is 160 Å². The number of urea groups is 1. The minimum atomic E-state index is -0.558. The van der Waals surface area contributed by atoms with E-state index in [1.165, 1.54) is 0 Å². The molecule has 1 aliphatic rings. The smallest absolute Gasteiger partial charge is 0.408 e. The van der Waals surface area contributed by atoms with Crippen molar-refractivity contribution in [1.82, 2.24) is 10.6 Å². The fourth-order valence-corrected chi connectivity index (χ4v) is 3.28. The Bertz CT molecular complexity index is 637. The topological polar surface area (TPSA) is 79.5 Å². The predicted octanol–water partition coefficient (Wildman–Crippen LogP) is 4.69. The Morgan fingerprint density at radius 2 is 1.88 bits per heavy atom. The Morgan fingerprint density at radius 1 is 1.19 bits per heavy atom. The van der Waals surface area contributed by atoms with Crippen LogP contribution in [0.25, 0.3) is 0 Å². The molecule has 0 aromatic heterocycles. The third kappa shape index (κ3) is 6.75. The van der Waals surface area contributed by atoms with Gasteiger partial charge in [-0.05, 0) is 51.8 Å². The zero-order chi connectivity index (χ0) is 19.2. The van der Waals surface area contributed by atoms with Crippen LogP contribution < -0.4 is 16.0 Å². The van der Waals surface area contributed by atoms with E-state index in [2.05, 4.69) is 16.0 Å². The van der Waals surface area contributed by atoms with E-state index in [4.69, 9.17) is 16.3 Å². The molecule has 0 saturated heterocycles. The molecule has 0 heterocycles. The number of hydrogen-bond acceptors (Lipinski definition) is 3. The van der Waals surface area contributed by atoms with Gasteiger partial charge in [-0.25, -0.2) is 9.59 Å². The van der Waals surface area contributed by atoms with Gasteiger partial charge in [0, 0.05) is 17.3 Å². The first-order chi connectivity index (χ1) is 12.2. The molecule has 1 fully saturated rings.